The second-order valence-electron chi connectivity index (χ2n) is 11.6. The number of benzene rings is 2. The minimum atomic E-state index is -1.30. The van der Waals surface area contributed by atoms with Gasteiger partial charge in [-0.15, -0.1) is 40.0 Å². The highest BCUT2D eigenvalue weighted by Gasteiger charge is 2.54. The van der Waals surface area contributed by atoms with Crippen LogP contribution in [0, 0.1) is 6.92 Å². The molecule has 0 unspecified atom stereocenters. The van der Waals surface area contributed by atoms with Crippen LogP contribution in [0.3, 0.4) is 0 Å². The Labute approximate surface area is 310 Å². The van der Waals surface area contributed by atoms with Crippen molar-refractivity contribution in [2.24, 2.45) is 5.16 Å². The number of β-lactam (4-membered cyclic amide) rings is 1. The molecule has 1 fully saturated rings. The van der Waals surface area contributed by atoms with E-state index in [0.29, 0.717) is 27.4 Å². The number of carboxylic acid groups (broad SMARTS) is 1. The van der Waals surface area contributed by atoms with Crippen molar-refractivity contribution in [3.05, 3.63) is 76.1 Å². The Morgan fingerprint density at radius 3 is 2.51 bits per heavy atom. The molecule has 2 atom stereocenters. The van der Waals surface area contributed by atoms with E-state index in [2.05, 4.69) is 30.5 Å². The Kier molecular flexibility index (Phi) is 9.45. The molecule has 8 N–H and O–H groups in total. The molecule has 1 saturated heterocycles. The number of nitrogen functional groups attached to an aromatic ring is 1. The number of anilines is 1. The van der Waals surface area contributed by atoms with Gasteiger partial charge in [-0.2, -0.15) is 9.50 Å². The van der Waals surface area contributed by atoms with Crippen LogP contribution in [0.1, 0.15) is 17.0 Å². The second kappa shape index (κ2) is 14.2. The molecule has 2 amide bonds. The molecular formula is C32H27N9O9S3. The third-order valence-corrected chi connectivity index (χ3v) is 11.1. The molecule has 21 heteroatoms. The van der Waals surface area contributed by atoms with E-state index in [1.165, 1.54) is 63.8 Å². The highest BCUT2D eigenvalue weighted by Crippen LogP contribution is 2.42. The average molecular weight is 778 g/mol. The van der Waals surface area contributed by atoms with Gasteiger partial charge in [0.05, 0.1) is 0 Å². The number of rotatable bonds is 11. The lowest BCUT2D eigenvalue weighted by Gasteiger charge is -2.49. The summed E-state index contributed by atoms with van der Waals surface area (Å²) in [5.74, 6) is -3.11. The number of thioether (sulfide) groups is 2. The van der Waals surface area contributed by atoms with Crippen LogP contribution in [0.2, 0.25) is 0 Å². The summed E-state index contributed by atoms with van der Waals surface area (Å²) in [6.45, 7) is 1.59. The van der Waals surface area contributed by atoms with Crippen molar-refractivity contribution >= 4 is 69.3 Å². The quantitative estimate of drug-likeness (QED) is 0.0253. The van der Waals surface area contributed by atoms with Gasteiger partial charge in [0.25, 0.3) is 17.6 Å². The second-order valence-corrected chi connectivity index (χ2v) is 14.6. The van der Waals surface area contributed by atoms with Crippen molar-refractivity contribution in [2.45, 2.75) is 30.0 Å². The minimum absolute atomic E-state index is 0.0880. The van der Waals surface area contributed by atoms with Gasteiger partial charge in [0.15, 0.2) is 39.7 Å². The zero-order valence-electron chi connectivity index (χ0n) is 27.2. The van der Waals surface area contributed by atoms with Crippen LogP contribution in [0.15, 0.2) is 69.3 Å². The number of aryl methyl sites for hydroxylation is 1. The van der Waals surface area contributed by atoms with Gasteiger partial charge in [-0.25, -0.2) is 14.8 Å². The SMILES string of the molecule is Cc1cc(SCC2=C(C(=O)O)N3C(=O)[C@@H](NC(=O)C(=NOCc4ccc(O)c(O)c4)c4csc(N)n4)[C@H]3SC2)n2nc(-c3ccc(O)c(O)c3)nc2n1. The number of amides is 2. The molecule has 5 heterocycles. The van der Waals surface area contributed by atoms with Crippen LogP contribution in [-0.2, 0) is 25.8 Å². The molecule has 7 rings (SSSR count). The highest BCUT2D eigenvalue weighted by atomic mass is 32.2. The van der Waals surface area contributed by atoms with E-state index in [1.54, 1.807) is 19.1 Å². The Morgan fingerprint density at radius 1 is 1.06 bits per heavy atom. The molecule has 53 heavy (non-hydrogen) atoms. The van der Waals surface area contributed by atoms with Crippen molar-refractivity contribution in [1.82, 2.24) is 34.8 Å². The van der Waals surface area contributed by atoms with Crippen LogP contribution in [0.4, 0.5) is 5.13 Å². The smallest absolute Gasteiger partial charge is 0.352 e. The fraction of sp³-hybridized carbons (Fsp3) is 0.188. The molecule has 18 nitrogen and oxygen atoms in total. The number of nitrogens with zero attached hydrogens (tertiary/aromatic N) is 7. The molecule has 2 aliphatic heterocycles. The maximum Gasteiger partial charge on any atom is 0.352 e. The van der Waals surface area contributed by atoms with Crippen molar-refractivity contribution in [3.8, 4) is 34.4 Å². The Hall–Kier alpha value is -6.06. The van der Waals surface area contributed by atoms with Gasteiger partial charge in [-0.05, 0) is 54.5 Å². The molecule has 5 aromatic rings. The van der Waals surface area contributed by atoms with E-state index < -0.39 is 29.2 Å². The number of carbonyl (C=O) groups is 3. The summed E-state index contributed by atoms with van der Waals surface area (Å²) in [6.07, 6.45) is 0. The maximum atomic E-state index is 13.5. The summed E-state index contributed by atoms with van der Waals surface area (Å²) in [5.41, 5.74) is 7.39. The lowest BCUT2D eigenvalue weighted by atomic mass is 10.0. The molecular weight excluding hydrogens is 751 g/mol. The largest absolute Gasteiger partial charge is 0.504 e. The molecule has 0 radical (unpaired) electrons. The summed E-state index contributed by atoms with van der Waals surface area (Å²) in [7, 11) is 0. The van der Waals surface area contributed by atoms with Crippen molar-refractivity contribution in [3.63, 3.8) is 0 Å². The molecule has 3 aromatic heterocycles. The van der Waals surface area contributed by atoms with Crippen LogP contribution >= 0.6 is 34.9 Å². The first-order chi connectivity index (χ1) is 25.4. The summed E-state index contributed by atoms with van der Waals surface area (Å²) >= 11 is 3.62. The number of aromatic nitrogens is 5. The van der Waals surface area contributed by atoms with Gasteiger partial charge in [-0.1, -0.05) is 11.2 Å². The number of aromatic hydroxyl groups is 4. The topological polar surface area (TPSA) is 271 Å². The monoisotopic (exact) mass is 777 g/mol. The number of phenolic OH excluding ortho intramolecular Hbond substituents is 4. The fourth-order valence-corrected chi connectivity index (χ4v) is 8.52. The summed E-state index contributed by atoms with van der Waals surface area (Å²) in [5, 5.41) is 61.8. The van der Waals surface area contributed by atoms with Gasteiger partial charge in [0.2, 0.25) is 0 Å². The fourth-order valence-electron chi connectivity index (χ4n) is 5.44. The van der Waals surface area contributed by atoms with Gasteiger partial charge in [-0.3, -0.25) is 14.5 Å². The molecule has 0 saturated carbocycles. The van der Waals surface area contributed by atoms with Crippen molar-refractivity contribution < 1.29 is 44.8 Å². The Bertz CT molecular complexity index is 2380. The van der Waals surface area contributed by atoms with Gasteiger partial charge in [0, 0.05) is 28.1 Å². The lowest BCUT2D eigenvalue weighted by molar-refractivity contribution is -0.150. The number of nitrogens with two attached hydrogens (primary N) is 1. The minimum Gasteiger partial charge on any atom is -0.504 e. The van der Waals surface area contributed by atoms with Crippen LogP contribution in [0.5, 0.6) is 23.0 Å². The number of thiazole rings is 1. The van der Waals surface area contributed by atoms with Crippen molar-refractivity contribution in [1.29, 1.82) is 0 Å². The lowest BCUT2D eigenvalue weighted by Crippen LogP contribution is -2.71. The van der Waals surface area contributed by atoms with Crippen LogP contribution in [-0.4, -0.2) is 101 Å². The van der Waals surface area contributed by atoms with Crippen LogP contribution < -0.4 is 11.1 Å². The molecule has 272 valence electrons. The standard InChI is InChI=1S/C32H27N9O9S3/c1-13-6-22(41-32(34-13)37-26(38-41)15-3-5-19(43)21(45)8-15)51-10-16-11-52-29-24(28(47)40(29)25(16)30(48)49)36-27(46)23(17-12-53-31(33)35-17)39-50-9-14-2-4-18(42)20(44)7-14/h2-8,12,24,29,42-45H,9-11H2,1H3,(H2,33,35)(H,36,46)(H,48,49)/t24-,29-/m1/s1. The number of carbonyl (C=O) groups excluding carboxylic acids is 2. The van der Waals surface area contributed by atoms with Gasteiger partial charge in [0.1, 0.15) is 34.4 Å². The first-order valence-corrected chi connectivity index (χ1v) is 18.3. The number of phenols is 4. The summed E-state index contributed by atoms with van der Waals surface area (Å²) < 4.78 is 1.49. The zero-order chi connectivity index (χ0) is 37.6. The number of aliphatic carboxylic acids is 1. The number of carboxylic acids is 1. The first kappa shape index (κ1) is 35.3. The van der Waals surface area contributed by atoms with Crippen molar-refractivity contribution in [2.75, 3.05) is 17.2 Å². The Morgan fingerprint density at radius 2 is 1.81 bits per heavy atom. The van der Waals surface area contributed by atoms with E-state index >= 15 is 0 Å². The molecule has 0 bridgehead atoms. The number of fused-ring (bicyclic) bond motifs is 2. The van der Waals surface area contributed by atoms with E-state index in [-0.39, 0.29) is 74.9 Å². The zero-order valence-corrected chi connectivity index (χ0v) is 29.6. The third kappa shape index (κ3) is 6.95. The molecule has 0 aliphatic carbocycles. The van der Waals surface area contributed by atoms with E-state index in [1.807, 2.05) is 0 Å². The number of nitrogens with one attached hydrogen (secondary N) is 1. The predicted octanol–water partition coefficient (Wildman–Crippen LogP) is 2.41. The normalized spacial score (nSPS) is 17.1. The van der Waals surface area contributed by atoms with Gasteiger partial charge < -0.3 is 41.4 Å². The maximum absolute atomic E-state index is 13.5. The highest BCUT2D eigenvalue weighted by molar-refractivity contribution is 8.01. The number of hydrogen-bond donors (Lipinski definition) is 7. The van der Waals surface area contributed by atoms with Gasteiger partial charge >= 0.3 is 5.97 Å². The van der Waals surface area contributed by atoms with Crippen LogP contribution in [0.25, 0.3) is 17.2 Å². The number of hydrogen-bond acceptors (Lipinski definition) is 17. The van der Waals surface area contributed by atoms with E-state index in [9.17, 15) is 39.9 Å². The van der Waals surface area contributed by atoms with E-state index in [4.69, 9.17) is 10.6 Å². The molecule has 2 aromatic carbocycles. The summed E-state index contributed by atoms with van der Waals surface area (Å²) in [4.78, 5) is 59.0. The van der Waals surface area contributed by atoms with E-state index in [0.717, 1.165) is 16.2 Å². The third-order valence-electron chi connectivity index (χ3n) is 7.98. The number of oxime groups is 1. The summed E-state index contributed by atoms with van der Waals surface area (Å²) in [6, 6.07) is 8.90. The first-order valence-electron chi connectivity index (χ1n) is 15.4. The Balaban J connectivity index is 1.07. The molecule has 2 aliphatic rings. The molecule has 0 spiro atoms. The average Bonchev–Trinajstić information content (AvgIpc) is 3.76. The predicted molar refractivity (Wildman–Crippen MR) is 192 cm³/mol.